The number of rotatable bonds is 1. The zero-order valence-electron chi connectivity index (χ0n) is 8.78. The van der Waals surface area contributed by atoms with Gasteiger partial charge in [-0.25, -0.2) is 0 Å². The van der Waals surface area contributed by atoms with Crippen molar-refractivity contribution in [2.45, 2.75) is 56.3 Å². The summed E-state index contributed by atoms with van der Waals surface area (Å²) in [5, 5.41) is 3.39. The van der Waals surface area contributed by atoms with Gasteiger partial charge in [-0.05, 0) is 25.7 Å². The summed E-state index contributed by atoms with van der Waals surface area (Å²) in [6, 6.07) is 2.93. The fourth-order valence-electron chi connectivity index (χ4n) is 3.54. The first kappa shape index (κ1) is 9.13. The fourth-order valence-corrected chi connectivity index (χ4v) is 3.54. The van der Waals surface area contributed by atoms with E-state index in [2.05, 4.69) is 10.2 Å². The summed E-state index contributed by atoms with van der Waals surface area (Å²) < 4.78 is 0. The van der Waals surface area contributed by atoms with Gasteiger partial charge in [-0.1, -0.05) is 6.42 Å². The summed E-state index contributed by atoms with van der Waals surface area (Å²) in [5.74, 6) is 0. The molecule has 14 heavy (non-hydrogen) atoms. The van der Waals surface area contributed by atoms with Crippen LogP contribution in [-0.4, -0.2) is 42.2 Å². The van der Waals surface area contributed by atoms with Crippen molar-refractivity contribution < 1.29 is 0 Å². The van der Waals surface area contributed by atoms with Gasteiger partial charge in [0.15, 0.2) is 0 Å². The van der Waals surface area contributed by atoms with Crippen LogP contribution in [0.1, 0.15) is 32.1 Å². The van der Waals surface area contributed by atoms with Crippen LogP contribution in [0.4, 0.5) is 0 Å². The molecule has 0 aromatic heterocycles. The van der Waals surface area contributed by atoms with E-state index in [1.165, 1.54) is 45.2 Å². The first-order valence-electron chi connectivity index (χ1n) is 6.08. The molecule has 3 N–H and O–H groups in total. The van der Waals surface area contributed by atoms with Crippen molar-refractivity contribution in [1.29, 1.82) is 0 Å². The van der Waals surface area contributed by atoms with E-state index in [4.69, 9.17) is 5.73 Å². The normalized spacial score (nSPS) is 44.8. The van der Waals surface area contributed by atoms with Crippen molar-refractivity contribution >= 4 is 0 Å². The summed E-state index contributed by atoms with van der Waals surface area (Å²) in [6.07, 6.45) is 6.69. The van der Waals surface area contributed by atoms with Crippen molar-refractivity contribution in [2.24, 2.45) is 5.73 Å². The molecule has 3 nitrogen and oxygen atoms in total. The average Bonchev–Trinajstić information content (AvgIpc) is 2.03. The smallest absolute Gasteiger partial charge is 0.0351 e. The van der Waals surface area contributed by atoms with Gasteiger partial charge in [0.1, 0.15) is 0 Å². The number of piperidine rings is 2. The lowest BCUT2D eigenvalue weighted by molar-refractivity contribution is -0.0220. The molecule has 3 saturated heterocycles. The Balaban J connectivity index is 1.75. The highest BCUT2D eigenvalue weighted by Gasteiger charge is 2.41. The molecule has 0 aliphatic carbocycles. The topological polar surface area (TPSA) is 41.3 Å². The van der Waals surface area contributed by atoms with Crippen LogP contribution in [0.3, 0.4) is 0 Å². The minimum absolute atomic E-state index is 0.481. The molecule has 80 valence electrons. The van der Waals surface area contributed by atoms with E-state index in [-0.39, 0.29) is 0 Å². The molecule has 3 heteroatoms. The van der Waals surface area contributed by atoms with E-state index in [1.807, 2.05) is 0 Å². The van der Waals surface area contributed by atoms with Gasteiger partial charge in [0, 0.05) is 37.3 Å². The van der Waals surface area contributed by atoms with Crippen LogP contribution in [0.25, 0.3) is 0 Å². The van der Waals surface area contributed by atoms with Gasteiger partial charge in [0.05, 0.1) is 0 Å². The number of hydrogen-bond acceptors (Lipinski definition) is 3. The highest BCUT2D eigenvalue weighted by Crippen LogP contribution is 2.35. The monoisotopic (exact) mass is 195 g/mol. The molecule has 0 amide bonds. The maximum atomic E-state index is 6.10. The predicted octanol–water partition coefficient (Wildman–Crippen LogP) is 0.302. The molecule has 3 aliphatic rings. The van der Waals surface area contributed by atoms with Crippen molar-refractivity contribution in [3.63, 3.8) is 0 Å². The summed E-state index contributed by atoms with van der Waals surface area (Å²) >= 11 is 0. The maximum absolute atomic E-state index is 6.10. The number of nitrogens with two attached hydrogens (primary N) is 1. The molecule has 3 rings (SSSR count). The van der Waals surface area contributed by atoms with Gasteiger partial charge in [-0.3, -0.25) is 4.90 Å². The minimum Gasteiger partial charge on any atom is -0.328 e. The molecule has 0 spiro atoms. The Morgan fingerprint density at radius 1 is 1.00 bits per heavy atom. The zero-order valence-corrected chi connectivity index (χ0v) is 8.78. The van der Waals surface area contributed by atoms with Gasteiger partial charge in [-0.2, -0.15) is 0 Å². The third-order valence-electron chi connectivity index (χ3n) is 4.25. The van der Waals surface area contributed by atoms with Gasteiger partial charge < -0.3 is 11.1 Å². The van der Waals surface area contributed by atoms with E-state index in [9.17, 15) is 0 Å². The Morgan fingerprint density at radius 3 is 2.14 bits per heavy atom. The average molecular weight is 195 g/mol. The van der Waals surface area contributed by atoms with E-state index in [1.54, 1.807) is 0 Å². The van der Waals surface area contributed by atoms with E-state index in [0.717, 1.165) is 18.1 Å². The molecule has 0 radical (unpaired) electrons. The maximum Gasteiger partial charge on any atom is 0.0351 e. The Morgan fingerprint density at radius 2 is 1.64 bits per heavy atom. The molecule has 0 saturated carbocycles. The second kappa shape index (κ2) is 3.47. The van der Waals surface area contributed by atoms with Gasteiger partial charge in [0.25, 0.3) is 0 Å². The lowest BCUT2D eigenvalue weighted by Crippen LogP contribution is -2.67. The third kappa shape index (κ3) is 1.38. The minimum atomic E-state index is 0.481. The number of fused-ring (bicyclic) bond motifs is 2. The third-order valence-corrected chi connectivity index (χ3v) is 4.25. The second-order valence-electron chi connectivity index (χ2n) is 5.23. The Kier molecular flexibility index (Phi) is 2.26. The van der Waals surface area contributed by atoms with Gasteiger partial charge in [0.2, 0.25) is 0 Å². The second-order valence-corrected chi connectivity index (χ2v) is 5.23. The van der Waals surface area contributed by atoms with Crippen LogP contribution >= 0.6 is 0 Å². The molecule has 0 aromatic carbocycles. The Hall–Kier alpha value is -0.120. The first-order chi connectivity index (χ1) is 6.84. The lowest BCUT2D eigenvalue weighted by atomic mass is 9.80. The van der Waals surface area contributed by atoms with E-state index >= 15 is 0 Å². The summed E-state index contributed by atoms with van der Waals surface area (Å²) in [6.45, 7) is 2.42. The predicted molar refractivity (Wildman–Crippen MR) is 57.1 cm³/mol. The number of nitrogens with one attached hydrogen (secondary N) is 1. The molecular weight excluding hydrogens is 174 g/mol. The largest absolute Gasteiger partial charge is 0.328 e. The molecule has 2 unspecified atom stereocenters. The molecule has 3 aliphatic heterocycles. The molecule has 3 fully saturated rings. The SMILES string of the molecule is NC1CC2CCCC(C1)N2C1CNC1. The Bertz CT molecular complexity index is 201. The lowest BCUT2D eigenvalue weighted by Gasteiger charge is -2.54. The highest BCUT2D eigenvalue weighted by molar-refractivity contribution is 5.00. The van der Waals surface area contributed by atoms with Crippen molar-refractivity contribution in [3.05, 3.63) is 0 Å². The molecular formula is C11H21N3. The number of hydrogen-bond donors (Lipinski definition) is 2. The van der Waals surface area contributed by atoms with Crippen LogP contribution in [-0.2, 0) is 0 Å². The van der Waals surface area contributed by atoms with Crippen LogP contribution < -0.4 is 11.1 Å². The van der Waals surface area contributed by atoms with E-state index < -0.39 is 0 Å². The first-order valence-corrected chi connectivity index (χ1v) is 6.08. The van der Waals surface area contributed by atoms with E-state index in [0.29, 0.717) is 6.04 Å². The summed E-state index contributed by atoms with van der Waals surface area (Å²) in [4.78, 5) is 2.80. The van der Waals surface area contributed by atoms with Gasteiger partial charge >= 0.3 is 0 Å². The molecule has 0 aromatic rings. The quantitative estimate of drug-likeness (QED) is 0.632. The molecule has 3 heterocycles. The van der Waals surface area contributed by atoms with Crippen LogP contribution in [0.5, 0.6) is 0 Å². The standard InChI is InChI=1S/C11H21N3/c12-8-4-9-2-1-3-10(5-8)14(9)11-6-13-7-11/h8-11,13H,1-7,12H2. The zero-order chi connectivity index (χ0) is 9.54. The number of nitrogens with zero attached hydrogens (tertiary/aromatic N) is 1. The van der Waals surface area contributed by atoms with Crippen LogP contribution in [0.2, 0.25) is 0 Å². The fraction of sp³-hybridized carbons (Fsp3) is 1.00. The molecule has 2 atom stereocenters. The van der Waals surface area contributed by atoms with Crippen LogP contribution in [0.15, 0.2) is 0 Å². The highest BCUT2D eigenvalue weighted by atomic mass is 15.3. The van der Waals surface area contributed by atoms with Gasteiger partial charge in [-0.15, -0.1) is 0 Å². The molecule has 2 bridgehead atoms. The Labute approximate surface area is 86.0 Å². The van der Waals surface area contributed by atoms with Crippen molar-refractivity contribution in [3.8, 4) is 0 Å². The van der Waals surface area contributed by atoms with Crippen molar-refractivity contribution in [2.75, 3.05) is 13.1 Å². The van der Waals surface area contributed by atoms with Crippen molar-refractivity contribution in [1.82, 2.24) is 10.2 Å². The summed E-state index contributed by atoms with van der Waals surface area (Å²) in [5.41, 5.74) is 6.10. The van der Waals surface area contributed by atoms with Crippen LogP contribution in [0, 0.1) is 0 Å². The summed E-state index contributed by atoms with van der Waals surface area (Å²) in [7, 11) is 0.